The summed E-state index contributed by atoms with van der Waals surface area (Å²) in [6, 6.07) is 14.9. The average molecular weight is 364 g/mol. The van der Waals surface area contributed by atoms with E-state index in [1.165, 1.54) is 4.68 Å². The minimum absolute atomic E-state index is 0.217. The first-order chi connectivity index (χ1) is 12.5. The topological polar surface area (TPSA) is 68.1 Å². The predicted octanol–water partition coefficient (Wildman–Crippen LogP) is 2.82. The van der Waals surface area contributed by atoms with Gasteiger partial charge in [0.05, 0.1) is 22.1 Å². The highest BCUT2D eigenvalue weighted by molar-refractivity contribution is 7.18. The van der Waals surface area contributed by atoms with Crippen molar-refractivity contribution in [2.45, 2.75) is 6.54 Å². The zero-order chi connectivity index (χ0) is 18.3. The Morgan fingerprint density at radius 3 is 2.58 bits per heavy atom. The van der Waals surface area contributed by atoms with Crippen LogP contribution >= 0.6 is 11.3 Å². The zero-order valence-corrected chi connectivity index (χ0v) is 15.2. The van der Waals surface area contributed by atoms with Crippen LogP contribution in [0.2, 0.25) is 0 Å². The summed E-state index contributed by atoms with van der Waals surface area (Å²) in [5, 5.41) is 6.11. The molecule has 2 aromatic heterocycles. The van der Waals surface area contributed by atoms with Gasteiger partial charge in [-0.2, -0.15) is 5.10 Å². The van der Waals surface area contributed by atoms with Crippen LogP contribution in [0.25, 0.3) is 21.0 Å². The first-order valence-electron chi connectivity index (χ1n) is 8.10. The summed E-state index contributed by atoms with van der Waals surface area (Å²) in [4.78, 5) is 31.3. The molecule has 0 fully saturated rings. The lowest BCUT2D eigenvalue weighted by Crippen LogP contribution is -2.30. The third kappa shape index (κ3) is 2.76. The number of rotatable bonds is 3. The number of fused-ring (bicyclic) bond motifs is 2. The Labute approximate surface area is 153 Å². The highest BCUT2D eigenvalue weighted by atomic mass is 32.1. The Kier molecular flexibility index (Phi) is 4.00. The molecule has 4 aromatic rings. The van der Waals surface area contributed by atoms with Crippen molar-refractivity contribution >= 4 is 38.2 Å². The number of hydrogen-bond acceptors (Lipinski definition) is 5. The second-order valence-electron chi connectivity index (χ2n) is 6.06. The van der Waals surface area contributed by atoms with Gasteiger partial charge in [0.15, 0.2) is 5.69 Å². The molecule has 26 heavy (non-hydrogen) atoms. The summed E-state index contributed by atoms with van der Waals surface area (Å²) in [6.45, 7) is 0.386. The molecule has 0 bridgehead atoms. The van der Waals surface area contributed by atoms with Crippen LogP contribution in [-0.4, -0.2) is 32.6 Å². The Hall–Kier alpha value is -3.06. The fourth-order valence-corrected chi connectivity index (χ4v) is 3.92. The van der Waals surface area contributed by atoms with Gasteiger partial charge in [0.1, 0.15) is 5.01 Å². The number of carbonyl (C=O) groups excluding carboxylic acids is 1. The molecule has 4 rings (SSSR count). The average Bonchev–Trinajstić information content (AvgIpc) is 3.06. The lowest BCUT2D eigenvalue weighted by Gasteiger charge is -2.16. The van der Waals surface area contributed by atoms with Crippen LogP contribution in [-0.2, 0) is 13.6 Å². The van der Waals surface area contributed by atoms with Crippen molar-refractivity contribution < 1.29 is 4.79 Å². The number of nitrogens with zero attached hydrogens (tertiary/aromatic N) is 4. The van der Waals surface area contributed by atoms with E-state index in [-0.39, 0.29) is 17.2 Å². The molecule has 6 nitrogen and oxygen atoms in total. The summed E-state index contributed by atoms with van der Waals surface area (Å²) in [6.07, 6.45) is 0. The SMILES string of the molecule is CN(Cc1nc2ccccc2s1)C(=O)c1nn(C)c(=O)c2ccccc12. The van der Waals surface area contributed by atoms with Crippen molar-refractivity contribution in [3.8, 4) is 0 Å². The molecule has 0 unspecified atom stereocenters. The summed E-state index contributed by atoms with van der Waals surface area (Å²) >= 11 is 1.57. The van der Waals surface area contributed by atoms with E-state index in [4.69, 9.17) is 0 Å². The maximum atomic E-state index is 13.0. The third-order valence-corrected chi connectivity index (χ3v) is 5.24. The molecule has 0 atom stereocenters. The molecule has 0 saturated heterocycles. The largest absolute Gasteiger partial charge is 0.334 e. The first-order valence-corrected chi connectivity index (χ1v) is 8.92. The Morgan fingerprint density at radius 1 is 1.12 bits per heavy atom. The molecule has 0 aliphatic heterocycles. The van der Waals surface area contributed by atoms with Crippen molar-refractivity contribution in [3.63, 3.8) is 0 Å². The maximum Gasteiger partial charge on any atom is 0.275 e. The Morgan fingerprint density at radius 2 is 1.81 bits per heavy atom. The van der Waals surface area contributed by atoms with E-state index in [0.29, 0.717) is 17.3 Å². The molecule has 0 radical (unpaired) electrons. The fourth-order valence-electron chi connectivity index (χ4n) is 2.90. The summed E-state index contributed by atoms with van der Waals surface area (Å²) in [7, 11) is 3.27. The van der Waals surface area contributed by atoms with Crippen LogP contribution in [0.4, 0.5) is 0 Å². The van der Waals surface area contributed by atoms with Crippen molar-refractivity contribution in [3.05, 3.63) is 69.6 Å². The fraction of sp³-hybridized carbons (Fsp3) is 0.158. The van der Waals surface area contributed by atoms with Crippen LogP contribution in [0.1, 0.15) is 15.5 Å². The van der Waals surface area contributed by atoms with Gasteiger partial charge in [-0.25, -0.2) is 9.67 Å². The van der Waals surface area contributed by atoms with Crippen LogP contribution in [0.15, 0.2) is 53.3 Å². The third-order valence-electron chi connectivity index (χ3n) is 4.22. The second kappa shape index (κ2) is 6.34. The molecule has 130 valence electrons. The molecule has 0 aliphatic rings. The Balaban J connectivity index is 1.70. The minimum atomic E-state index is -0.240. The normalized spacial score (nSPS) is 11.2. The minimum Gasteiger partial charge on any atom is -0.334 e. The summed E-state index contributed by atoms with van der Waals surface area (Å²) in [5.74, 6) is -0.240. The summed E-state index contributed by atoms with van der Waals surface area (Å²) in [5.41, 5.74) is 0.983. The molecule has 0 N–H and O–H groups in total. The van der Waals surface area contributed by atoms with Crippen molar-refractivity contribution in [1.82, 2.24) is 19.7 Å². The molecule has 1 amide bonds. The second-order valence-corrected chi connectivity index (χ2v) is 7.17. The van der Waals surface area contributed by atoms with E-state index >= 15 is 0 Å². The van der Waals surface area contributed by atoms with Gasteiger partial charge in [-0.1, -0.05) is 30.3 Å². The van der Waals surface area contributed by atoms with Crippen LogP contribution < -0.4 is 5.56 Å². The number of benzene rings is 2. The number of aryl methyl sites for hydroxylation is 1. The molecule has 7 heteroatoms. The zero-order valence-electron chi connectivity index (χ0n) is 14.3. The number of aromatic nitrogens is 3. The molecule has 2 heterocycles. The highest BCUT2D eigenvalue weighted by Crippen LogP contribution is 2.23. The van der Waals surface area contributed by atoms with Crippen molar-refractivity contribution in [2.24, 2.45) is 7.05 Å². The van der Waals surface area contributed by atoms with E-state index < -0.39 is 0 Å². The van der Waals surface area contributed by atoms with Gasteiger partial charge in [-0.15, -0.1) is 11.3 Å². The van der Waals surface area contributed by atoms with Crippen LogP contribution in [0.3, 0.4) is 0 Å². The van der Waals surface area contributed by atoms with Gasteiger partial charge in [0.2, 0.25) is 0 Å². The van der Waals surface area contributed by atoms with Gasteiger partial charge < -0.3 is 4.90 Å². The lowest BCUT2D eigenvalue weighted by molar-refractivity contribution is 0.0779. The molecule has 0 aliphatic carbocycles. The Bertz CT molecular complexity index is 1160. The van der Waals surface area contributed by atoms with Crippen LogP contribution in [0, 0.1) is 0 Å². The number of thiazole rings is 1. The van der Waals surface area contributed by atoms with Gasteiger partial charge in [-0.3, -0.25) is 9.59 Å². The van der Waals surface area contributed by atoms with E-state index in [0.717, 1.165) is 15.2 Å². The van der Waals surface area contributed by atoms with E-state index in [2.05, 4.69) is 10.1 Å². The maximum absolute atomic E-state index is 13.0. The standard InChI is InChI=1S/C19H16N4O2S/c1-22(11-16-20-14-9-5-6-10-15(14)26-16)19(25)17-12-7-3-4-8-13(12)18(24)23(2)21-17/h3-10H,11H2,1-2H3. The predicted molar refractivity (Wildman–Crippen MR) is 102 cm³/mol. The summed E-state index contributed by atoms with van der Waals surface area (Å²) < 4.78 is 2.30. The van der Waals surface area contributed by atoms with E-state index in [1.54, 1.807) is 54.6 Å². The quantitative estimate of drug-likeness (QED) is 0.561. The van der Waals surface area contributed by atoms with Gasteiger partial charge in [0, 0.05) is 19.5 Å². The van der Waals surface area contributed by atoms with Crippen molar-refractivity contribution in [1.29, 1.82) is 0 Å². The molecule has 0 spiro atoms. The van der Waals surface area contributed by atoms with E-state index in [9.17, 15) is 9.59 Å². The highest BCUT2D eigenvalue weighted by Gasteiger charge is 2.20. The number of amides is 1. The van der Waals surface area contributed by atoms with Gasteiger partial charge in [0.25, 0.3) is 11.5 Å². The monoisotopic (exact) mass is 364 g/mol. The molecule has 2 aromatic carbocycles. The molecule has 0 saturated carbocycles. The molecular weight excluding hydrogens is 348 g/mol. The number of hydrogen-bond donors (Lipinski definition) is 0. The van der Waals surface area contributed by atoms with Crippen molar-refractivity contribution in [2.75, 3.05) is 7.05 Å². The lowest BCUT2D eigenvalue weighted by atomic mass is 10.1. The van der Waals surface area contributed by atoms with E-state index in [1.807, 2.05) is 24.3 Å². The van der Waals surface area contributed by atoms with Gasteiger partial charge >= 0.3 is 0 Å². The smallest absolute Gasteiger partial charge is 0.275 e. The molecular formula is C19H16N4O2S. The first kappa shape index (κ1) is 16.4. The van der Waals surface area contributed by atoms with Crippen LogP contribution in [0.5, 0.6) is 0 Å². The van der Waals surface area contributed by atoms with Gasteiger partial charge in [-0.05, 0) is 18.2 Å². The number of carbonyl (C=O) groups is 1. The number of para-hydroxylation sites is 1.